The summed E-state index contributed by atoms with van der Waals surface area (Å²) < 4.78 is 22.9. The van der Waals surface area contributed by atoms with Gasteiger partial charge >= 0.3 is 0 Å². The van der Waals surface area contributed by atoms with Crippen LogP contribution < -0.4 is 4.74 Å². The van der Waals surface area contributed by atoms with Crippen LogP contribution in [-0.2, 0) is 20.8 Å². The Bertz CT molecular complexity index is 1230. The van der Waals surface area contributed by atoms with Gasteiger partial charge in [0, 0.05) is 0 Å². The quantitative estimate of drug-likeness (QED) is 0.179. The van der Waals surface area contributed by atoms with Gasteiger partial charge in [0.25, 0.3) is 0 Å². The lowest BCUT2D eigenvalue weighted by Crippen LogP contribution is -2.69. The highest BCUT2D eigenvalue weighted by Crippen LogP contribution is 2.42. The van der Waals surface area contributed by atoms with Crippen LogP contribution in [0.1, 0.15) is 25.3 Å². The number of hydrogen-bond donors (Lipinski definition) is 8. The van der Waals surface area contributed by atoms with Crippen molar-refractivity contribution in [2.45, 2.75) is 86.8 Å². The first-order chi connectivity index (χ1) is 19.0. The molecule has 0 unspecified atom stereocenters. The lowest BCUT2D eigenvalue weighted by molar-refractivity contribution is -0.338. The molecule has 2 saturated heterocycles. The monoisotopic (exact) mass is 564 g/mol. The van der Waals surface area contributed by atoms with Crippen LogP contribution in [0.2, 0.25) is 0 Å². The molecule has 1 aliphatic carbocycles. The summed E-state index contributed by atoms with van der Waals surface area (Å²) in [7, 11) is 0. The number of rotatable bonds is 8. The minimum absolute atomic E-state index is 0.0370. The third-order valence-electron chi connectivity index (χ3n) is 8.09. The molecule has 0 bridgehead atoms. The maximum Gasteiger partial charge on any atom is 0.236 e. The van der Waals surface area contributed by atoms with Crippen LogP contribution in [0.4, 0.5) is 0 Å². The highest BCUT2D eigenvalue weighted by atomic mass is 16.7. The van der Waals surface area contributed by atoms with Gasteiger partial charge in [-0.25, -0.2) is 0 Å². The van der Waals surface area contributed by atoms with Crippen molar-refractivity contribution in [2.24, 2.45) is 0 Å². The van der Waals surface area contributed by atoms with E-state index < -0.39 is 73.6 Å². The first-order valence-electron chi connectivity index (χ1n) is 13.2. The summed E-state index contributed by atoms with van der Waals surface area (Å²) in [5, 5.41) is 84.2. The lowest BCUT2D eigenvalue weighted by Gasteiger charge is -2.49. The molecule has 0 amide bonds. The van der Waals surface area contributed by atoms with Crippen molar-refractivity contribution in [2.75, 3.05) is 13.2 Å². The SMILES string of the molecule is C[C@@]1(O)[C@@H](OCc2ccc3ccc(O[C@H]4O[C@H](CO)[C@@H](O)[C@H](O)[C@@]4(O)C4=CCC4)cc3c2)O[C@H](CO)[C@@H](O)[C@@H]1O. The van der Waals surface area contributed by atoms with E-state index in [1.807, 2.05) is 6.07 Å². The molecule has 12 heteroatoms. The Morgan fingerprint density at radius 3 is 2.10 bits per heavy atom. The van der Waals surface area contributed by atoms with E-state index in [0.29, 0.717) is 29.7 Å². The minimum Gasteiger partial charge on any atom is -0.461 e. The number of allylic oxidation sites excluding steroid dienone is 1. The summed E-state index contributed by atoms with van der Waals surface area (Å²) in [6.45, 7) is 0.0827. The van der Waals surface area contributed by atoms with Gasteiger partial charge in [-0.3, -0.25) is 0 Å². The standard InChI is InChI=1S/C28H36O12/c1-27(35)23(33)21(31)19(11-29)39-25(27)37-13-14-5-6-15-7-8-18(10-16(15)9-14)38-26-28(36,17-3-2-4-17)24(34)22(32)20(12-30)40-26/h3,5-10,19-26,29-36H,2,4,11-13H2,1H3/t19-,20-,21-,22-,23+,24+,25+,26+,27+,28+/m1/s1. The number of fused-ring (bicyclic) bond motifs is 1. The lowest BCUT2D eigenvalue weighted by atomic mass is 9.75. The van der Waals surface area contributed by atoms with Crippen molar-refractivity contribution < 1.29 is 59.8 Å². The van der Waals surface area contributed by atoms with E-state index in [4.69, 9.17) is 18.9 Å². The molecule has 0 spiro atoms. The van der Waals surface area contributed by atoms with Gasteiger partial charge in [0.2, 0.25) is 6.29 Å². The van der Waals surface area contributed by atoms with Crippen molar-refractivity contribution >= 4 is 10.8 Å². The topological polar surface area (TPSA) is 199 Å². The predicted molar refractivity (Wildman–Crippen MR) is 138 cm³/mol. The van der Waals surface area contributed by atoms with Gasteiger partial charge in [0.05, 0.1) is 19.8 Å². The summed E-state index contributed by atoms with van der Waals surface area (Å²) in [5.41, 5.74) is -2.77. The molecule has 2 fully saturated rings. The maximum absolute atomic E-state index is 11.4. The van der Waals surface area contributed by atoms with Crippen molar-refractivity contribution in [1.82, 2.24) is 0 Å². The summed E-state index contributed by atoms with van der Waals surface area (Å²) in [6.07, 6.45) is -8.28. The zero-order valence-corrected chi connectivity index (χ0v) is 21.9. The van der Waals surface area contributed by atoms with E-state index in [9.17, 15) is 40.9 Å². The molecule has 2 aromatic rings. The van der Waals surface area contributed by atoms with Crippen LogP contribution in [0.5, 0.6) is 5.75 Å². The molecule has 220 valence electrons. The maximum atomic E-state index is 11.4. The predicted octanol–water partition coefficient (Wildman–Crippen LogP) is -1.18. The average molecular weight is 565 g/mol. The summed E-state index contributed by atoms with van der Waals surface area (Å²) in [4.78, 5) is 0. The van der Waals surface area contributed by atoms with Gasteiger partial charge in [-0.1, -0.05) is 24.3 Å². The minimum atomic E-state index is -2.00. The number of benzene rings is 2. The third-order valence-corrected chi connectivity index (χ3v) is 8.09. The summed E-state index contributed by atoms with van der Waals surface area (Å²) in [5.74, 6) is 0.302. The van der Waals surface area contributed by atoms with Crippen LogP contribution in [-0.4, -0.2) is 114 Å². The average Bonchev–Trinajstić information content (AvgIpc) is 2.90. The molecule has 0 saturated carbocycles. The van der Waals surface area contributed by atoms with E-state index in [1.54, 1.807) is 36.4 Å². The molecule has 10 atom stereocenters. The van der Waals surface area contributed by atoms with Gasteiger partial charge in [0.1, 0.15) is 48.0 Å². The zero-order valence-electron chi connectivity index (χ0n) is 21.9. The number of aliphatic hydroxyl groups excluding tert-OH is 6. The van der Waals surface area contributed by atoms with E-state index in [0.717, 1.165) is 10.8 Å². The Labute approximate surface area is 230 Å². The van der Waals surface area contributed by atoms with Crippen molar-refractivity contribution in [3.05, 3.63) is 53.6 Å². The fourth-order valence-corrected chi connectivity index (χ4v) is 5.37. The van der Waals surface area contributed by atoms with Crippen LogP contribution in [0.15, 0.2) is 48.0 Å². The molecule has 2 aromatic carbocycles. The first-order valence-corrected chi connectivity index (χ1v) is 13.2. The number of hydrogen-bond acceptors (Lipinski definition) is 12. The van der Waals surface area contributed by atoms with Crippen LogP contribution in [0.25, 0.3) is 10.8 Å². The van der Waals surface area contributed by atoms with Crippen molar-refractivity contribution in [3.63, 3.8) is 0 Å². The molecule has 3 aliphatic rings. The Hall–Kier alpha value is -2.20. The molecule has 8 N–H and O–H groups in total. The molecule has 2 aliphatic heterocycles. The van der Waals surface area contributed by atoms with Crippen LogP contribution in [0.3, 0.4) is 0 Å². The molecule has 40 heavy (non-hydrogen) atoms. The van der Waals surface area contributed by atoms with E-state index in [2.05, 4.69) is 0 Å². The third kappa shape index (κ3) is 5.03. The normalized spacial score (nSPS) is 40.0. The van der Waals surface area contributed by atoms with Gasteiger partial charge in [-0.05, 0) is 59.9 Å². The molecule has 12 nitrogen and oxygen atoms in total. The highest BCUT2D eigenvalue weighted by Gasteiger charge is 2.58. The Morgan fingerprint density at radius 2 is 1.48 bits per heavy atom. The Kier molecular flexibility index (Phi) is 8.23. The van der Waals surface area contributed by atoms with E-state index >= 15 is 0 Å². The van der Waals surface area contributed by atoms with Crippen molar-refractivity contribution in [1.29, 1.82) is 0 Å². The zero-order chi connectivity index (χ0) is 28.8. The Balaban J connectivity index is 1.34. The number of ether oxygens (including phenoxy) is 4. The van der Waals surface area contributed by atoms with Gasteiger partial charge < -0.3 is 59.8 Å². The molecule has 0 radical (unpaired) electrons. The second-order valence-electron chi connectivity index (χ2n) is 10.8. The molecule has 5 rings (SSSR count). The summed E-state index contributed by atoms with van der Waals surface area (Å²) >= 11 is 0. The van der Waals surface area contributed by atoms with Gasteiger partial charge in [-0.15, -0.1) is 0 Å². The Morgan fingerprint density at radius 1 is 0.850 bits per heavy atom. The fraction of sp³-hybridized carbons (Fsp3) is 0.571. The molecule has 2 heterocycles. The largest absolute Gasteiger partial charge is 0.461 e. The molecular weight excluding hydrogens is 528 g/mol. The number of aliphatic hydroxyl groups is 8. The van der Waals surface area contributed by atoms with Gasteiger partial charge in [0.15, 0.2) is 11.9 Å². The first kappa shape index (κ1) is 29.3. The molecule has 0 aromatic heterocycles. The van der Waals surface area contributed by atoms with Crippen molar-refractivity contribution in [3.8, 4) is 5.75 Å². The van der Waals surface area contributed by atoms with Crippen LogP contribution >= 0.6 is 0 Å². The fourth-order valence-electron chi connectivity index (χ4n) is 5.37. The second-order valence-corrected chi connectivity index (χ2v) is 10.8. The second kappa shape index (κ2) is 11.2. The highest BCUT2D eigenvalue weighted by molar-refractivity contribution is 5.84. The smallest absolute Gasteiger partial charge is 0.236 e. The van der Waals surface area contributed by atoms with Gasteiger partial charge in [-0.2, -0.15) is 0 Å². The van der Waals surface area contributed by atoms with E-state index in [1.165, 1.54) is 6.92 Å². The summed E-state index contributed by atoms with van der Waals surface area (Å²) in [6, 6.07) is 10.6. The molecular formula is C28H36O12. The van der Waals surface area contributed by atoms with E-state index in [-0.39, 0.29) is 6.61 Å². The van der Waals surface area contributed by atoms with Crippen LogP contribution in [0, 0.1) is 0 Å².